The average molecular weight is 199 g/mol. The molecule has 0 amide bonds. The summed E-state index contributed by atoms with van der Waals surface area (Å²) in [5, 5.41) is 3.58. The van der Waals surface area contributed by atoms with Crippen LogP contribution in [0.5, 0.6) is 0 Å². The van der Waals surface area contributed by atoms with Gasteiger partial charge < -0.3 is 5.32 Å². The van der Waals surface area contributed by atoms with Crippen molar-refractivity contribution in [1.82, 2.24) is 10.3 Å². The Morgan fingerprint density at radius 3 is 2.77 bits per heavy atom. The predicted molar refractivity (Wildman–Crippen MR) is 55.9 cm³/mol. The lowest BCUT2D eigenvalue weighted by Crippen LogP contribution is -2.16. The smallest absolute Gasteiger partial charge is 0.0319 e. The molecule has 1 unspecified atom stereocenters. The third kappa shape index (κ3) is 4.86. The van der Waals surface area contributed by atoms with Crippen molar-refractivity contribution in [1.29, 1.82) is 0 Å². The largest absolute Gasteiger partial charge is 0.313 e. The first-order valence-electron chi connectivity index (χ1n) is 4.52. The van der Waals surface area contributed by atoms with Gasteiger partial charge in [0, 0.05) is 24.3 Å². The van der Waals surface area contributed by atoms with Gasteiger partial charge in [0.1, 0.15) is 0 Å². The van der Waals surface area contributed by atoms with Gasteiger partial charge in [-0.2, -0.15) is 0 Å². The molecule has 0 aliphatic carbocycles. The van der Waals surface area contributed by atoms with Crippen LogP contribution in [0.4, 0.5) is 0 Å². The van der Waals surface area contributed by atoms with E-state index in [-0.39, 0.29) is 5.38 Å². The van der Waals surface area contributed by atoms with Crippen LogP contribution in [-0.4, -0.2) is 16.9 Å². The van der Waals surface area contributed by atoms with Gasteiger partial charge in [0.2, 0.25) is 0 Å². The quantitative estimate of drug-likeness (QED) is 0.580. The minimum absolute atomic E-state index is 0.255. The van der Waals surface area contributed by atoms with Gasteiger partial charge in [-0.3, -0.25) is 4.98 Å². The number of aromatic nitrogens is 1. The van der Waals surface area contributed by atoms with Crippen molar-refractivity contribution in [3.63, 3.8) is 0 Å². The number of hydrogen-bond donors (Lipinski definition) is 1. The lowest BCUT2D eigenvalue weighted by molar-refractivity contribution is 0.644. The highest BCUT2D eigenvalue weighted by molar-refractivity contribution is 6.20. The van der Waals surface area contributed by atoms with Crippen molar-refractivity contribution >= 4 is 11.6 Å². The van der Waals surface area contributed by atoms with Crippen LogP contribution in [0.3, 0.4) is 0 Å². The van der Waals surface area contributed by atoms with Crippen LogP contribution in [0.25, 0.3) is 0 Å². The van der Waals surface area contributed by atoms with E-state index in [1.807, 2.05) is 19.1 Å². The second-order valence-electron chi connectivity index (χ2n) is 3.10. The maximum Gasteiger partial charge on any atom is 0.0319 e. The highest BCUT2D eigenvalue weighted by Gasteiger charge is 1.95. The molecule has 13 heavy (non-hydrogen) atoms. The lowest BCUT2D eigenvalue weighted by Gasteiger charge is -2.05. The number of hydrogen-bond acceptors (Lipinski definition) is 2. The SMILES string of the molecule is CC(Cl)CCNCc1ccncc1. The van der Waals surface area contributed by atoms with Gasteiger partial charge >= 0.3 is 0 Å². The first-order valence-corrected chi connectivity index (χ1v) is 4.96. The molecule has 0 radical (unpaired) electrons. The van der Waals surface area contributed by atoms with Crippen LogP contribution in [-0.2, 0) is 6.54 Å². The Balaban J connectivity index is 2.13. The zero-order valence-corrected chi connectivity index (χ0v) is 8.59. The first kappa shape index (κ1) is 10.5. The van der Waals surface area contributed by atoms with Gasteiger partial charge in [0.25, 0.3) is 0 Å². The van der Waals surface area contributed by atoms with Crippen molar-refractivity contribution in [2.75, 3.05) is 6.54 Å². The summed E-state index contributed by atoms with van der Waals surface area (Å²) in [6, 6.07) is 4.02. The Hall–Kier alpha value is -0.600. The van der Waals surface area contributed by atoms with E-state index in [0.29, 0.717) is 0 Å². The second kappa shape index (κ2) is 5.95. The van der Waals surface area contributed by atoms with Crippen LogP contribution in [0.15, 0.2) is 24.5 Å². The molecule has 0 saturated carbocycles. The van der Waals surface area contributed by atoms with E-state index in [1.54, 1.807) is 12.4 Å². The van der Waals surface area contributed by atoms with Crippen LogP contribution >= 0.6 is 11.6 Å². The van der Waals surface area contributed by atoms with Crippen molar-refractivity contribution in [2.24, 2.45) is 0 Å². The fourth-order valence-corrected chi connectivity index (χ4v) is 1.14. The zero-order valence-electron chi connectivity index (χ0n) is 7.83. The maximum absolute atomic E-state index is 5.81. The van der Waals surface area contributed by atoms with E-state index >= 15 is 0 Å². The van der Waals surface area contributed by atoms with Crippen LogP contribution in [0.1, 0.15) is 18.9 Å². The second-order valence-corrected chi connectivity index (χ2v) is 3.85. The summed E-state index contributed by atoms with van der Waals surface area (Å²) in [6.45, 7) is 3.87. The van der Waals surface area contributed by atoms with Crippen LogP contribution < -0.4 is 5.32 Å². The molecule has 0 aliphatic heterocycles. The normalized spacial score (nSPS) is 12.8. The molecular weight excluding hydrogens is 184 g/mol. The van der Waals surface area contributed by atoms with Gasteiger partial charge in [0.15, 0.2) is 0 Å². The summed E-state index contributed by atoms with van der Waals surface area (Å²) < 4.78 is 0. The summed E-state index contributed by atoms with van der Waals surface area (Å²) in [5.74, 6) is 0. The molecule has 3 heteroatoms. The van der Waals surface area contributed by atoms with E-state index in [1.165, 1.54) is 5.56 Å². The number of halogens is 1. The van der Waals surface area contributed by atoms with Crippen LogP contribution in [0, 0.1) is 0 Å². The van der Waals surface area contributed by atoms with Gasteiger partial charge in [-0.05, 0) is 37.6 Å². The summed E-state index contributed by atoms with van der Waals surface area (Å²) in [6.07, 6.45) is 4.62. The summed E-state index contributed by atoms with van der Waals surface area (Å²) in [7, 11) is 0. The van der Waals surface area contributed by atoms with Gasteiger partial charge in [-0.25, -0.2) is 0 Å². The molecule has 1 aromatic rings. The van der Waals surface area contributed by atoms with E-state index in [2.05, 4.69) is 10.3 Å². The lowest BCUT2D eigenvalue weighted by atomic mass is 10.2. The van der Waals surface area contributed by atoms with Crippen molar-refractivity contribution in [3.05, 3.63) is 30.1 Å². The van der Waals surface area contributed by atoms with Gasteiger partial charge in [-0.15, -0.1) is 11.6 Å². The number of alkyl halides is 1. The van der Waals surface area contributed by atoms with Gasteiger partial charge in [0.05, 0.1) is 0 Å². The number of pyridine rings is 1. The van der Waals surface area contributed by atoms with Gasteiger partial charge in [-0.1, -0.05) is 0 Å². The standard InChI is InChI=1S/C10H15ClN2/c1-9(11)2-5-13-8-10-3-6-12-7-4-10/h3-4,6-7,9,13H,2,5,8H2,1H3. The number of nitrogens with one attached hydrogen (secondary N) is 1. The highest BCUT2D eigenvalue weighted by Crippen LogP contribution is 1.99. The fourth-order valence-electron chi connectivity index (χ4n) is 1.03. The Kier molecular flexibility index (Phi) is 4.79. The molecule has 1 heterocycles. The van der Waals surface area contributed by atoms with Crippen molar-refractivity contribution < 1.29 is 0 Å². The molecule has 0 fully saturated rings. The Morgan fingerprint density at radius 1 is 1.46 bits per heavy atom. The minimum Gasteiger partial charge on any atom is -0.313 e. The van der Waals surface area contributed by atoms with Crippen molar-refractivity contribution in [3.8, 4) is 0 Å². The molecule has 0 aromatic carbocycles. The molecule has 0 bridgehead atoms. The molecule has 2 nitrogen and oxygen atoms in total. The molecule has 72 valence electrons. The molecular formula is C10H15ClN2. The van der Waals surface area contributed by atoms with E-state index in [0.717, 1.165) is 19.5 Å². The topological polar surface area (TPSA) is 24.9 Å². The maximum atomic E-state index is 5.81. The number of nitrogens with zero attached hydrogens (tertiary/aromatic N) is 1. The summed E-state index contributed by atoms with van der Waals surface area (Å²) in [5.41, 5.74) is 1.26. The zero-order chi connectivity index (χ0) is 9.52. The van der Waals surface area contributed by atoms with E-state index < -0.39 is 0 Å². The molecule has 0 aliphatic rings. The monoisotopic (exact) mass is 198 g/mol. The Morgan fingerprint density at radius 2 is 2.15 bits per heavy atom. The molecule has 1 aromatic heterocycles. The Bertz CT molecular complexity index is 224. The molecule has 1 N–H and O–H groups in total. The summed E-state index contributed by atoms with van der Waals surface area (Å²) in [4.78, 5) is 3.95. The highest BCUT2D eigenvalue weighted by atomic mass is 35.5. The van der Waals surface area contributed by atoms with E-state index in [4.69, 9.17) is 11.6 Å². The molecule has 1 atom stereocenters. The average Bonchev–Trinajstić information content (AvgIpc) is 2.14. The van der Waals surface area contributed by atoms with Crippen molar-refractivity contribution in [2.45, 2.75) is 25.3 Å². The third-order valence-electron chi connectivity index (χ3n) is 1.80. The minimum atomic E-state index is 0.255. The summed E-state index contributed by atoms with van der Waals surface area (Å²) >= 11 is 5.81. The fraction of sp³-hybridized carbons (Fsp3) is 0.500. The number of rotatable bonds is 5. The molecule has 0 spiro atoms. The molecule has 0 saturated heterocycles. The predicted octanol–water partition coefficient (Wildman–Crippen LogP) is 2.19. The van der Waals surface area contributed by atoms with Crippen LogP contribution in [0.2, 0.25) is 0 Å². The Labute approximate surface area is 84.3 Å². The molecule has 1 rings (SSSR count). The first-order chi connectivity index (χ1) is 6.29. The third-order valence-corrected chi connectivity index (χ3v) is 2.02. The van der Waals surface area contributed by atoms with E-state index in [9.17, 15) is 0 Å².